The number of nitrogens with zero attached hydrogens (tertiary/aromatic N) is 1. The number of hydrogen-bond donors (Lipinski definition) is 3. The molecule has 0 saturated carbocycles. The van der Waals surface area contributed by atoms with E-state index in [4.69, 9.17) is 5.11 Å². The van der Waals surface area contributed by atoms with Gasteiger partial charge in [-0.05, 0) is 43.4 Å². The molecule has 20 heavy (non-hydrogen) atoms. The van der Waals surface area contributed by atoms with Crippen molar-refractivity contribution < 1.29 is 9.50 Å². The largest absolute Gasteiger partial charge is 0.395 e. The standard InChI is InChI=1S/C14H22FN3OS/c1-2-16-14(18-9-10-19)17-8-3-11-20-13-6-4-12(15)5-7-13/h4-7,19H,2-3,8-11H2,1H3,(H2,16,17,18). The van der Waals surface area contributed by atoms with Gasteiger partial charge in [-0.25, -0.2) is 4.39 Å². The zero-order valence-electron chi connectivity index (χ0n) is 11.7. The SMILES string of the molecule is CCNC(=NCCCSc1ccc(F)cc1)NCCO. The summed E-state index contributed by atoms with van der Waals surface area (Å²) in [4.78, 5) is 5.48. The van der Waals surface area contributed by atoms with Gasteiger partial charge < -0.3 is 15.7 Å². The van der Waals surface area contributed by atoms with E-state index in [2.05, 4.69) is 15.6 Å². The van der Waals surface area contributed by atoms with Gasteiger partial charge in [0.25, 0.3) is 0 Å². The van der Waals surface area contributed by atoms with Gasteiger partial charge in [-0.15, -0.1) is 11.8 Å². The topological polar surface area (TPSA) is 56.7 Å². The van der Waals surface area contributed by atoms with Crippen LogP contribution in [0.3, 0.4) is 0 Å². The summed E-state index contributed by atoms with van der Waals surface area (Å²) in [5.74, 6) is 1.46. The lowest BCUT2D eigenvalue weighted by atomic mass is 10.4. The summed E-state index contributed by atoms with van der Waals surface area (Å²) in [7, 11) is 0. The molecule has 0 spiro atoms. The Bertz CT molecular complexity index is 398. The van der Waals surface area contributed by atoms with E-state index >= 15 is 0 Å². The minimum Gasteiger partial charge on any atom is -0.395 e. The van der Waals surface area contributed by atoms with Gasteiger partial charge in [0.1, 0.15) is 5.82 Å². The molecule has 0 aliphatic rings. The van der Waals surface area contributed by atoms with E-state index in [1.165, 1.54) is 12.1 Å². The first-order valence-electron chi connectivity index (χ1n) is 6.77. The third-order valence-electron chi connectivity index (χ3n) is 2.40. The number of hydrogen-bond acceptors (Lipinski definition) is 3. The molecule has 4 nitrogen and oxygen atoms in total. The lowest BCUT2D eigenvalue weighted by Gasteiger charge is -2.09. The van der Waals surface area contributed by atoms with Crippen molar-refractivity contribution >= 4 is 17.7 Å². The van der Waals surface area contributed by atoms with Gasteiger partial charge in [-0.3, -0.25) is 4.99 Å². The third kappa shape index (κ3) is 7.35. The van der Waals surface area contributed by atoms with Gasteiger partial charge in [-0.2, -0.15) is 0 Å². The van der Waals surface area contributed by atoms with Crippen LogP contribution < -0.4 is 10.6 Å². The van der Waals surface area contributed by atoms with Gasteiger partial charge in [0.2, 0.25) is 0 Å². The first-order valence-corrected chi connectivity index (χ1v) is 7.76. The van der Waals surface area contributed by atoms with Crippen molar-refractivity contribution in [3.8, 4) is 0 Å². The number of aliphatic hydroxyl groups excluding tert-OH is 1. The quantitative estimate of drug-likeness (QED) is 0.297. The summed E-state index contributed by atoms with van der Waals surface area (Å²) in [6.45, 7) is 4.10. The van der Waals surface area contributed by atoms with E-state index in [0.29, 0.717) is 6.54 Å². The van der Waals surface area contributed by atoms with Crippen molar-refractivity contribution in [3.05, 3.63) is 30.1 Å². The van der Waals surface area contributed by atoms with Gasteiger partial charge in [0.05, 0.1) is 6.61 Å². The number of halogens is 1. The Balaban J connectivity index is 2.22. The van der Waals surface area contributed by atoms with Crippen LogP contribution in [0.2, 0.25) is 0 Å². The van der Waals surface area contributed by atoms with Crippen molar-refractivity contribution in [2.75, 3.05) is 32.0 Å². The van der Waals surface area contributed by atoms with Crippen LogP contribution in [0.15, 0.2) is 34.2 Å². The van der Waals surface area contributed by atoms with E-state index in [-0.39, 0.29) is 12.4 Å². The second-order valence-corrected chi connectivity index (χ2v) is 5.24. The van der Waals surface area contributed by atoms with E-state index < -0.39 is 0 Å². The summed E-state index contributed by atoms with van der Waals surface area (Å²) in [6, 6.07) is 6.53. The molecular weight excluding hydrogens is 277 g/mol. The molecule has 1 aromatic rings. The molecule has 0 radical (unpaired) electrons. The van der Waals surface area contributed by atoms with Crippen molar-refractivity contribution in [1.29, 1.82) is 0 Å². The summed E-state index contributed by atoms with van der Waals surface area (Å²) >= 11 is 1.70. The Morgan fingerprint density at radius 3 is 2.70 bits per heavy atom. The molecule has 0 heterocycles. The maximum absolute atomic E-state index is 12.7. The molecule has 0 amide bonds. The fraction of sp³-hybridized carbons (Fsp3) is 0.500. The van der Waals surface area contributed by atoms with Gasteiger partial charge in [0.15, 0.2) is 5.96 Å². The highest BCUT2D eigenvalue weighted by atomic mass is 32.2. The maximum Gasteiger partial charge on any atom is 0.191 e. The summed E-state index contributed by atoms with van der Waals surface area (Å²) in [6.07, 6.45) is 0.942. The highest BCUT2D eigenvalue weighted by Crippen LogP contribution is 2.18. The molecule has 0 fully saturated rings. The molecule has 1 rings (SSSR count). The van der Waals surface area contributed by atoms with Crippen molar-refractivity contribution in [3.63, 3.8) is 0 Å². The zero-order valence-corrected chi connectivity index (χ0v) is 12.5. The van der Waals surface area contributed by atoms with Crippen LogP contribution in [-0.2, 0) is 0 Å². The predicted molar refractivity (Wildman–Crippen MR) is 82.8 cm³/mol. The second-order valence-electron chi connectivity index (χ2n) is 4.07. The molecule has 112 valence electrons. The average Bonchev–Trinajstić information content (AvgIpc) is 2.46. The fourth-order valence-electron chi connectivity index (χ4n) is 1.49. The summed E-state index contributed by atoms with van der Waals surface area (Å²) in [5.41, 5.74) is 0. The molecular formula is C14H22FN3OS. The first-order chi connectivity index (χ1) is 9.76. The number of rotatable bonds is 8. The highest BCUT2D eigenvalue weighted by Gasteiger charge is 1.97. The van der Waals surface area contributed by atoms with E-state index in [1.54, 1.807) is 23.9 Å². The molecule has 0 aliphatic carbocycles. The second kappa shape index (κ2) is 10.5. The monoisotopic (exact) mass is 299 g/mol. The fourth-order valence-corrected chi connectivity index (χ4v) is 2.33. The number of thioether (sulfide) groups is 1. The predicted octanol–water partition coefficient (Wildman–Crippen LogP) is 1.86. The lowest BCUT2D eigenvalue weighted by molar-refractivity contribution is 0.300. The number of guanidine groups is 1. The van der Waals surface area contributed by atoms with Crippen LogP contribution in [-0.4, -0.2) is 43.1 Å². The number of benzene rings is 1. The van der Waals surface area contributed by atoms with Crippen molar-refractivity contribution in [2.45, 2.75) is 18.2 Å². The minimum absolute atomic E-state index is 0.0881. The number of nitrogens with one attached hydrogen (secondary N) is 2. The Morgan fingerprint density at radius 2 is 2.05 bits per heavy atom. The third-order valence-corrected chi connectivity index (χ3v) is 3.50. The number of aliphatic hydroxyl groups is 1. The average molecular weight is 299 g/mol. The van der Waals surface area contributed by atoms with Gasteiger partial charge >= 0.3 is 0 Å². The van der Waals surface area contributed by atoms with Crippen LogP contribution in [0, 0.1) is 5.82 Å². The van der Waals surface area contributed by atoms with Gasteiger partial charge in [0, 0.05) is 24.5 Å². The molecule has 0 bridgehead atoms. The molecule has 0 saturated heterocycles. The number of aliphatic imine (C=N–C) groups is 1. The lowest BCUT2D eigenvalue weighted by Crippen LogP contribution is -2.38. The Kier molecular flexibility index (Phi) is 8.82. The van der Waals surface area contributed by atoms with Crippen LogP contribution in [0.5, 0.6) is 0 Å². The first kappa shape index (κ1) is 16.8. The van der Waals surface area contributed by atoms with E-state index in [0.717, 1.165) is 36.1 Å². The summed E-state index contributed by atoms with van der Waals surface area (Å²) < 4.78 is 12.7. The van der Waals surface area contributed by atoms with Crippen molar-refractivity contribution in [1.82, 2.24) is 10.6 Å². The highest BCUT2D eigenvalue weighted by molar-refractivity contribution is 7.99. The van der Waals surface area contributed by atoms with Gasteiger partial charge in [-0.1, -0.05) is 0 Å². The Hall–Kier alpha value is -1.27. The molecule has 6 heteroatoms. The summed E-state index contributed by atoms with van der Waals surface area (Å²) in [5, 5.41) is 14.9. The van der Waals surface area contributed by atoms with E-state index in [9.17, 15) is 4.39 Å². The smallest absolute Gasteiger partial charge is 0.191 e. The molecule has 3 N–H and O–H groups in total. The van der Waals surface area contributed by atoms with Crippen LogP contribution >= 0.6 is 11.8 Å². The Morgan fingerprint density at radius 1 is 1.30 bits per heavy atom. The maximum atomic E-state index is 12.7. The van der Waals surface area contributed by atoms with Crippen LogP contribution in [0.4, 0.5) is 4.39 Å². The van der Waals surface area contributed by atoms with Crippen LogP contribution in [0.1, 0.15) is 13.3 Å². The normalized spacial score (nSPS) is 11.4. The zero-order chi connectivity index (χ0) is 14.6. The molecule has 0 atom stereocenters. The van der Waals surface area contributed by atoms with Crippen LogP contribution in [0.25, 0.3) is 0 Å². The minimum atomic E-state index is -0.204. The molecule has 0 unspecified atom stereocenters. The molecule has 0 aromatic heterocycles. The van der Waals surface area contributed by atoms with E-state index in [1.807, 2.05) is 6.92 Å². The molecule has 0 aliphatic heterocycles. The Labute approximate surface area is 123 Å². The molecule has 1 aromatic carbocycles. The van der Waals surface area contributed by atoms with Crippen molar-refractivity contribution in [2.24, 2.45) is 4.99 Å².